The molecule has 1 aliphatic heterocycles. The second-order valence-corrected chi connectivity index (χ2v) is 4.67. The van der Waals surface area contributed by atoms with Gasteiger partial charge in [0.1, 0.15) is 12.1 Å². The molecule has 0 atom stereocenters. The molecule has 3 heterocycles. The average Bonchev–Trinajstić information content (AvgIpc) is 2.87. The number of carboxylic acids is 1. The van der Waals surface area contributed by atoms with Crippen molar-refractivity contribution < 1.29 is 9.90 Å². The van der Waals surface area contributed by atoms with Crippen molar-refractivity contribution in [3.05, 3.63) is 30.0 Å². The SMILES string of the molecule is CCc1cc(N2CC(n3cc(C(=O)O)nn3)C2)ncn1. The van der Waals surface area contributed by atoms with E-state index in [1.54, 1.807) is 11.0 Å². The first-order chi connectivity index (χ1) is 9.67. The van der Waals surface area contributed by atoms with Crippen LogP contribution in [0.15, 0.2) is 18.6 Å². The van der Waals surface area contributed by atoms with Crippen molar-refractivity contribution >= 4 is 11.8 Å². The van der Waals surface area contributed by atoms with Crippen LogP contribution in [0.2, 0.25) is 0 Å². The molecule has 0 unspecified atom stereocenters. The second-order valence-electron chi connectivity index (χ2n) is 4.67. The minimum Gasteiger partial charge on any atom is -0.476 e. The molecule has 20 heavy (non-hydrogen) atoms. The fourth-order valence-electron chi connectivity index (χ4n) is 2.11. The minimum absolute atomic E-state index is 0.0289. The second kappa shape index (κ2) is 4.87. The van der Waals surface area contributed by atoms with Gasteiger partial charge in [0.2, 0.25) is 0 Å². The molecule has 0 amide bonds. The van der Waals surface area contributed by atoms with Crippen LogP contribution in [0.5, 0.6) is 0 Å². The molecule has 1 N–H and O–H groups in total. The molecular weight excluding hydrogens is 260 g/mol. The van der Waals surface area contributed by atoms with Gasteiger partial charge in [0, 0.05) is 24.8 Å². The van der Waals surface area contributed by atoms with E-state index in [9.17, 15) is 4.79 Å². The van der Waals surface area contributed by atoms with Gasteiger partial charge >= 0.3 is 5.97 Å². The molecule has 0 saturated carbocycles. The van der Waals surface area contributed by atoms with Gasteiger partial charge in [0.25, 0.3) is 0 Å². The Morgan fingerprint density at radius 3 is 2.90 bits per heavy atom. The van der Waals surface area contributed by atoms with E-state index < -0.39 is 5.97 Å². The van der Waals surface area contributed by atoms with Gasteiger partial charge in [-0.15, -0.1) is 5.10 Å². The van der Waals surface area contributed by atoms with Crippen molar-refractivity contribution in [1.29, 1.82) is 0 Å². The zero-order chi connectivity index (χ0) is 14.1. The lowest BCUT2D eigenvalue weighted by Crippen LogP contribution is -2.48. The third-order valence-electron chi connectivity index (χ3n) is 3.36. The molecule has 1 fully saturated rings. The van der Waals surface area contributed by atoms with Crippen LogP contribution in [0.25, 0.3) is 0 Å². The van der Waals surface area contributed by atoms with Crippen molar-refractivity contribution in [2.75, 3.05) is 18.0 Å². The van der Waals surface area contributed by atoms with Crippen LogP contribution in [0, 0.1) is 0 Å². The van der Waals surface area contributed by atoms with Gasteiger partial charge < -0.3 is 10.0 Å². The third-order valence-corrected chi connectivity index (χ3v) is 3.36. The number of aromatic nitrogens is 5. The van der Waals surface area contributed by atoms with Crippen LogP contribution in [0.1, 0.15) is 29.1 Å². The van der Waals surface area contributed by atoms with E-state index in [1.807, 2.05) is 13.0 Å². The van der Waals surface area contributed by atoms with E-state index in [0.29, 0.717) is 0 Å². The Labute approximate surface area is 115 Å². The summed E-state index contributed by atoms with van der Waals surface area (Å²) in [6, 6.07) is 2.11. The quantitative estimate of drug-likeness (QED) is 0.861. The van der Waals surface area contributed by atoms with Crippen molar-refractivity contribution in [3.8, 4) is 0 Å². The molecule has 8 nitrogen and oxygen atoms in total. The Kier molecular flexibility index (Phi) is 3.05. The summed E-state index contributed by atoms with van der Waals surface area (Å²) in [6.07, 6.45) is 3.90. The molecule has 0 radical (unpaired) electrons. The van der Waals surface area contributed by atoms with E-state index in [-0.39, 0.29) is 11.7 Å². The smallest absolute Gasteiger partial charge is 0.358 e. The summed E-state index contributed by atoms with van der Waals surface area (Å²) in [5.74, 6) is -0.164. The van der Waals surface area contributed by atoms with Crippen LogP contribution in [-0.2, 0) is 6.42 Å². The van der Waals surface area contributed by atoms with E-state index in [1.165, 1.54) is 6.20 Å². The Morgan fingerprint density at radius 2 is 2.25 bits per heavy atom. The van der Waals surface area contributed by atoms with Gasteiger partial charge in [0.15, 0.2) is 5.69 Å². The van der Waals surface area contributed by atoms with Crippen LogP contribution < -0.4 is 4.90 Å². The van der Waals surface area contributed by atoms with Gasteiger partial charge in [-0.2, -0.15) is 0 Å². The molecular formula is C12H14N6O2. The number of carbonyl (C=O) groups is 1. The fraction of sp³-hybridized carbons (Fsp3) is 0.417. The molecule has 0 aromatic carbocycles. The largest absolute Gasteiger partial charge is 0.476 e. The molecule has 0 spiro atoms. The Hall–Kier alpha value is -2.51. The van der Waals surface area contributed by atoms with Crippen molar-refractivity contribution in [2.24, 2.45) is 0 Å². The first kappa shape index (κ1) is 12.5. The number of aromatic carboxylic acids is 1. The normalized spacial score (nSPS) is 15.2. The molecule has 0 bridgehead atoms. The monoisotopic (exact) mass is 274 g/mol. The van der Waals surface area contributed by atoms with Gasteiger partial charge in [-0.05, 0) is 6.42 Å². The van der Waals surface area contributed by atoms with Crippen LogP contribution in [0.3, 0.4) is 0 Å². The van der Waals surface area contributed by atoms with Crippen molar-refractivity contribution in [2.45, 2.75) is 19.4 Å². The maximum absolute atomic E-state index is 10.8. The standard InChI is InChI=1S/C12H14N6O2/c1-2-8-3-11(14-7-13-8)17-4-9(5-17)18-6-10(12(19)20)15-16-18/h3,6-7,9H,2,4-5H2,1H3,(H,19,20). The van der Waals surface area contributed by atoms with E-state index in [4.69, 9.17) is 5.11 Å². The zero-order valence-corrected chi connectivity index (χ0v) is 11.0. The highest BCUT2D eigenvalue weighted by molar-refractivity contribution is 5.84. The lowest BCUT2D eigenvalue weighted by Gasteiger charge is -2.39. The Morgan fingerprint density at radius 1 is 1.45 bits per heavy atom. The van der Waals surface area contributed by atoms with Gasteiger partial charge in [0.05, 0.1) is 12.2 Å². The summed E-state index contributed by atoms with van der Waals surface area (Å²) in [5, 5.41) is 16.3. The first-order valence-electron chi connectivity index (χ1n) is 6.38. The maximum Gasteiger partial charge on any atom is 0.358 e. The van der Waals surface area contributed by atoms with Gasteiger partial charge in [-0.1, -0.05) is 12.1 Å². The predicted octanol–water partition coefficient (Wildman–Crippen LogP) is 0.390. The zero-order valence-electron chi connectivity index (χ0n) is 11.0. The fourth-order valence-corrected chi connectivity index (χ4v) is 2.11. The number of hydrogen-bond acceptors (Lipinski definition) is 6. The van der Waals surface area contributed by atoms with Gasteiger partial charge in [-0.3, -0.25) is 0 Å². The number of hydrogen-bond donors (Lipinski definition) is 1. The minimum atomic E-state index is -1.06. The summed E-state index contributed by atoms with van der Waals surface area (Å²) in [4.78, 5) is 21.3. The van der Waals surface area contributed by atoms with Crippen LogP contribution in [-0.4, -0.2) is 49.1 Å². The molecule has 3 rings (SSSR count). The Balaban J connectivity index is 1.66. The highest BCUT2D eigenvalue weighted by atomic mass is 16.4. The number of anilines is 1. The highest BCUT2D eigenvalue weighted by Crippen LogP contribution is 2.25. The van der Waals surface area contributed by atoms with Crippen molar-refractivity contribution in [1.82, 2.24) is 25.0 Å². The Bertz CT molecular complexity index is 634. The molecule has 104 valence electrons. The predicted molar refractivity (Wildman–Crippen MR) is 69.6 cm³/mol. The lowest BCUT2D eigenvalue weighted by atomic mass is 10.1. The maximum atomic E-state index is 10.8. The van der Waals surface area contributed by atoms with Gasteiger partial charge in [-0.25, -0.2) is 19.4 Å². The number of rotatable bonds is 4. The molecule has 2 aromatic heterocycles. The van der Waals surface area contributed by atoms with Crippen molar-refractivity contribution in [3.63, 3.8) is 0 Å². The van der Waals surface area contributed by atoms with E-state index >= 15 is 0 Å². The summed E-state index contributed by atoms with van der Waals surface area (Å²) in [5.41, 5.74) is 0.978. The molecule has 0 aliphatic carbocycles. The molecule has 8 heteroatoms. The summed E-state index contributed by atoms with van der Waals surface area (Å²) in [6.45, 7) is 3.53. The number of carboxylic acid groups (broad SMARTS) is 1. The topological polar surface area (TPSA) is 97.0 Å². The van der Waals surface area contributed by atoms with E-state index in [2.05, 4.69) is 25.2 Å². The molecule has 2 aromatic rings. The molecule has 1 saturated heterocycles. The first-order valence-corrected chi connectivity index (χ1v) is 6.38. The summed E-state index contributed by atoms with van der Waals surface area (Å²) >= 11 is 0. The summed E-state index contributed by atoms with van der Waals surface area (Å²) < 4.78 is 1.60. The molecule has 1 aliphatic rings. The van der Waals surface area contributed by atoms with Crippen LogP contribution in [0.4, 0.5) is 5.82 Å². The highest BCUT2D eigenvalue weighted by Gasteiger charge is 2.30. The average molecular weight is 274 g/mol. The lowest BCUT2D eigenvalue weighted by molar-refractivity contribution is 0.0690. The van der Waals surface area contributed by atoms with Crippen LogP contribution >= 0.6 is 0 Å². The van der Waals surface area contributed by atoms with E-state index in [0.717, 1.165) is 31.0 Å². The number of nitrogens with zero attached hydrogens (tertiary/aromatic N) is 6. The summed E-state index contributed by atoms with van der Waals surface area (Å²) in [7, 11) is 0. The third kappa shape index (κ3) is 2.20. The number of aryl methyl sites for hydroxylation is 1.